The van der Waals surface area contributed by atoms with Gasteiger partial charge in [0.25, 0.3) is 5.56 Å². The Labute approximate surface area is 126 Å². The van der Waals surface area contributed by atoms with Crippen molar-refractivity contribution < 1.29 is 0 Å². The van der Waals surface area contributed by atoms with Crippen molar-refractivity contribution in [2.75, 3.05) is 31.1 Å². The van der Waals surface area contributed by atoms with E-state index in [1.54, 1.807) is 29.0 Å². The number of aromatic amines is 1. The molecule has 22 heavy (non-hydrogen) atoms. The van der Waals surface area contributed by atoms with Crippen LogP contribution in [0.5, 0.6) is 0 Å². The van der Waals surface area contributed by atoms with Gasteiger partial charge in [-0.15, -0.1) is 5.10 Å². The third-order valence-corrected chi connectivity index (χ3v) is 3.88. The van der Waals surface area contributed by atoms with Crippen LogP contribution in [0.2, 0.25) is 0 Å². The van der Waals surface area contributed by atoms with Crippen molar-refractivity contribution >= 4 is 11.5 Å². The van der Waals surface area contributed by atoms with Gasteiger partial charge in [0.15, 0.2) is 5.65 Å². The number of piperazine rings is 1. The molecule has 0 bridgehead atoms. The van der Waals surface area contributed by atoms with Gasteiger partial charge < -0.3 is 15.2 Å². The Hall–Kier alpha value is -2.67. The van der Waals surface area contributed by atoms with E-state index in [4.69, 9.17) is 0 Å². The zero-order valence-electron chi connectivity index (χ0n) is 12.0. The molecule has 0 aromatic carbocycles. The zero-order valence-corrected chi connectivity index (χ0v) is 12.0. The Kier molecular flexibility index (Phi) is 3.12. The highest BCUT2D eigenvalue weighted by Gasteiger charge is 2.15. The largest absolute Gasteiger partial charge is 0.353 e. The molecule has 1 fully saturated rings. The molecule has 0 radical (unpaired) electrons. The minimum Gasteiger partial charge on any atom is -0.353 e. The average molecular weight is 296 g/mol. The summed E-state index contributed by atoms with van der Waals surface area (Å²) in [6, 6.07) is 7.50. The second-order valence-electron chi connectivity index (χ2n) is 5.25. The molecule has 1 aliphatic rings. The predicted octanol–water partition coefficient (Wildman–Crippen LogP) is 0.494. The third-order valence-electron chi connectivity index (χ3n) is 3.88. The average Bonchev–Trinajstić information content (AvgIpc) is 2.99. The summed E-state index contributed by atoms with van der Waals surface area (Å²) in [7, 11) is 0. The topological polar surface area (TPSA) is 78.3 Å². The number of nitrogens with one attached hydrogen (secondary N) is 2. The molecule has 4 rings (SSSR count). The van der Waals surface area contributed by atoms with E-state index in [1.165, 1.54) is 0 Å². The van der Waals surface area contributed by atoms with Crippen LogP contribution in [0.15, 0.2) is 41.5 Å². The Morgan fingerprint density at radius 2 is 2.00 bits per heavy atom. The first-order valence-electron chi connectivity index (χ1n) is 7.31. The molecule has 0 atom stereocenters. The van der Waals surface area contributed by atoms with E-state index in [1.807, 2.05) is 12.1 Å². The zero-order chi connectivity index (χ0) is 14.9. The fourth-order valence-electron chi connectivity index (χ4n) is 2.73. The first-order chi connectivity index (χ1) is 10.8. The molecule has 7 nitrogen and oxygen atoms in total. The molecule has 112 valence electrons. The molecular weight excluding hydrogens is 280 g/mol. The van der Waals surface area contributed by atoms with Crippen LogP contribution in [-0.4, -0.2) is 45.8 Å². The van der Waals surface area contributed by atoms with Gasteiger partial charge in [-0.2, -0.15) is 0 Å². The summed E-state index contributed by atoms with van der Waals surface area (Å²) in [5, 5.41) is 8.00. The van der Waals surface area contributed by atoms with Crippen LogP contribution in [0, 0.1) is 0 Å². The van der Waals surface area contributed by atoms with Crippen LogP contribution in [0.4, 0.5) is 5.82 Å². The van der Waals surface area contributed by atoms with Crippen LogP contribution < -0.4 is 15.8 Å². The van der Waals surface area contributed by atoms with E-state index in [0.717, 1.165) is 37.6 Å². The van der Waals surface area contributed by atoms with E-state index < -0.39 is 0 Å². The number of aromatic nitrogens is 4. The van der Waals surface area contributed by atoms with Gasteiger partial charge >= 0.3 is 0 Å². The molecular formula is C15H16N6O. The molecule has 3 aromatic heterocycles. The fraction of sp³-hybridized carbons (Fsp3) is 0.267. The summed E-state index contributed by atoms with van der Waals surface area (Å²) >= 11 is 0. The highest BCUT2D eigenvalue weighted by Crippen LogP contribution is 2.19. The number of H-pyrrole nitrogens is 1. The van der Waals surface area contributed by atoms with Crippen molar-refractivity contribution in [3.05, 3.63) is 47.0 Å². The van der Waals surface area contributed by atoms with E-state index in [0.29, 0.717) is 11.3 Å². The minimum atomic E-state index is -0.140. The second-order valence-corrected chi connectivity index (χ2v) is 5.25. The lowest BCUT2D eigenvalue weighted by Gasteiger charge is -2.28. The lowest BCUT2D eigenvalue weighted by molar-refractivity contribution is 0.582. The number of pyridine rings is 1. The maximum Gasteiger partial charge on any atom is 0.257 e. The Morgan fingerprint density at radius 3 is 2.82 bits per heavy atom. The lowest BCUT2D eigenvalue weighted by Crippen LogP contribution is -2.44. The van der Waals surface area contributed by atoms with Crippen LogP contribution >= 0.6 is 0 Å². The Bertz CT molecular complexity index is 862. The normalized spacial score (nSPS) is 15.4. The molecule has 4 heterocycles. The van der Waals surface area contributed by atoms with Crippen molar-refractivity contribution in [1.29, 1.82) is 0 Å². The molecule has 0 saturated carbocycles. The summed E-state index contributed by atoms with van der Waals surface area (Å²) in [4.78, 5) is 21.3. The number of anilines is 1. The predicted molar refractivity (Wildman–Crippen MR) is 84.1 cm³/mol. The van der Waals surface area contributed by atoms with Crippen molar-refractivity contribution in [2.24, 2.45) is 0 Å². The van der Waals surface area contributed by atoms with Crippen LogP contribution in [-0.2, 0) is 0 Å². The van der Waals surface area contributed by atoms with E-state index >= 15 is 0 Å². The standard InChI is InChI=1S/C15H16N6O/c22-15-11(2-1-5-17-15)12-10-18-13-3-4-14(19-21(12)13)20-8-6-16-7-9-20/h1-5,10,16H,6-9H2,(H,17,22). The fourth-order valence-corrected chi connectivity index (χ4v) is 2.73. The van der Waals surface area contributed by atoms with E-state index in [-0.39, 0.29) is 5.56 Å². The van der Waals surface area contributed by atoms with Gasteiger partial charge in [0.2, 0.25) is 0 Å². The smallest absolute Gasteiger partial charge is 0.257 e. The molecule has 2 N–H and O–H groups in total. The highest BCUT2D eigenvalue weighted by molar-refractivity contribution is 5.62. The number of rotatable bonds is 2. The number of fused-ring (bicyclic) bond motifs is 1. The number of nitrogens with zero attached hydrogens (tertiary/aromatic N) is 4. The second kappa shape index (κ2) is 5.27. The summed E-state index contributed by atoms with van der Waals surface area (Å²) in [5.74, 6) is 0.903. The van der Waals surface area contributed by atoms with Crippen molar-refractivity contribution in [3.63, 3.8) is 0 Å². The highest BCUT2D eigenvalue weighted by atomic mass is 16.1. The van der Waals surface area contributed by atoms with E-state index in [2.05, 4.69) is 25.3 Å². The summed E-state index contributed by atoms with van der Waals surface area (Å²) in [6.07, 6.45) is 3.31. The molecule has 1 saturated heterocycles. The number of hydrogen-bond donors (Lipinski definition) is 2. The minimum absolute atomic E-state index is 0.140. The van der Waals surface area contributed by atoms with Crippen LogP contribution in [0.1, 0.15) is 0 Å². The van der Waals surface area contributed by atoms with Gasteiger partial charge in [0.05, 0.1) is 17.5 Å². The molecule has 0 spiro atoms. The number of imidazole rings is 1. The Morgan fingerprint density at radius 1 is 1.14 bits per heavy atom. The SMILES string of the molecule is O=c1[nH]cccc1-c1cnc2ccc(N3CCNCC3)nn12. The number of hydrogen-bond acceptors (Lipinski definition) is 5. The van der Waals surface area contributed by atoms with Crippen molar-refractivity contribution in [3.8, 4) is 11.3 Å². The molecule has 0 unspecified atom stereocenters. The van der Waals surface area contributed by atoms with Crippen LogP contribution in [0.25, 0.3) is 16.9 Å². The van der Waals surface area contributed by atoms with Crippen LogP contribution in [0.3, 0.4) is 0 Å². The van der Waals surface area contributed by atoms with Crippen molar-refractivity contribution in [1.82, 2.24) is 24.9 Å². The molecule has 0 aliphatic carbocycles. The molecule has 3 aromatic rings. The maximum atomic E-state index is 12.0. The van der Waals surface area contributed by atoms with Crippen molar-refractivity contribution in [2.45, 2.75) is 0 Å². The summed E-state index contributed by atoms with van der Waals surface area (Å²) < 4.78 is 1.74. The summed E-state index contributed by atoms with van der Waals surface area (Å²) in [6.45, 7) is 3.76. The summed E-state index contributed by atoms with van der Waals surface area (Å²) in [5.41, 5.74) is 1.87. The van der Waals surface area contributed by atoms with Gasteiger partial charge in [-0.1, -0.05) is 0 Å². The maximum absolute atomic E-state index is 12.0. The van der Waals surface area contributed by atoms with Gasteiger partial charge in [0.1, 0.15) is 5.82 Å². The molecule has 7 heteroatoms. The van der Waals surface area contributed by atoms with Gasteiger partial charge in [0, 0.05) is 32.4 Å². The van der Waals surface area contributed by atoms with Gasteiger partial charge in [-0.3, -0.25) is 4.79 Å². The first kappa shape index (κ1) is 13.0. The molecule has 1 aliphatic heterocycles. The first-order valence-corrected chi connectivity index (χ1v) is 7.31. The third kappa shape index (κ3) is 2.15. The quantitative estimate of drug-likeness (QED) is 0.720. The van der Waals surface area contributed by atoms with Gasteiger partial charge in [-0.25, -0.2) is 9.50 Å². The molecule has 0 amide bonds. The monoisotopic (exact) mass is 296 g/mol. The Balaban J connectivity index is 1.83. The van der Waals surface area contributed by atoms with E-state index in [9.17, 15) is 4.79 Å². The lowest BCUT2D eigenvalue weighted by atomic mass is 10.2. The van der Waals surface area contributed by atoms with Gasteiger partial charge in [-0.05, 0) is 24.3 Å².